The third-order valence-corrected chi connectivity index (χ3v) is 13.6. The van der Waals surface area contributed by atoms with Gasteiger partial charge in [-0.05, 0) is 109 Å². The van der Waals surface area contributed by atoms with E-state index >= 15 is 0 Å². The average Bonchev–Trinajstić information content (AvgIpc) is 3.41. The third kappa shape index (κ3) is 61.4. The van der Waals surface area contributed by atoms with Crippen molar-refractivity contribution >= 4 is 19.8 Å². The number of likely N-dealkylation sites (N-methyl/N-ethyl adjacent to an activating group) is 1. The fourth-order valence-corrected chi connectivity index (χ4v) is 8.71. The van der Waals surface area contributed by atoms with Crippen molar-refractivity contribution in [1.82, 2.24) is 0 Å². The quantitative estimate of drug-likeness (QED) is 0.0195. The second-order valence-electron chi connectivity index (χ2n) is 21.3. The fraction of sp³-hybridized carbons (Fsp3) is 0.647. The molecular formula is C68H114NO8P. The van der Waals surface area contributed by atoms with Crippen LogP contribution in [0.5, 0.6) is 0 Å². The molecule has 0 aliphatic rings. The van der Waals surface area contributed by atoms with Gasteiger partial charge in [0.15, 0.2) is 6.10 Å². The molecule has 9 nitrogen and oxygen atoms in total. The number of allylic oxidation sites excluding steroid dienone is 22. The van der Waals surface area contributed by atoms with E-state index in [1.807, 2.05) is 21.1 Å². The summed E-state index contributed by atoms with van der Waals surface area (Å²) in [4.78, 5) is 37.9. The maximum absolute atomic E-state index is 12.8. The zero-order valence-corrected chi connectivity index (χ0v) is 51.2. The lowest BCUT2D eigenvalue weighted by molar-refractivity contribution is -0.870. The maximum Gasteiger partial charge on any atom is 0.306 e. The summed E-state index contributed by atoms with van der Waals surface area (Å²) in [7, 11) is 1.14. The molecule has 0 radical (unpaired) electrons. The van der Waals surface area contributed by atoms with Crippen LogP contribution in [-0.2, 0) is 32.7 Å². The number of phosphoric ester groups is 1. The summed E-state index contributed by atoms with van der Waals surface area (Å²) in [6.45, 7) is 3.99. The van der Waals surface area contributed by atoms with E-state index in [4.69, 9.17) is 18.5 Å². The number of nitrogens with zero attached hydrogens (tertiary/aromatic N) is 1. The van der Waals surface area contributed by atoms with Crippen LogP contribution < -0.4 is 4.89 Å². The molecule has 0 aromatic heterocycles. The highest BCUT2D eigenvalue weighted by Gasteiger charge is 2.22. The van der Waals surface area contributed by atoms with E-state index in [0.717, 1.165) is 122 Å². The van der Waals surface area contributed by atoms with E-state index in [1.165, 1.54) is 70.6 Å². The zero-order chi connectivity index (χ0) is 57.0. The number of ether oxygens (including phenoxy) is 2. The highest BCUT2D eigenvalue weighted by Crippen LogP contribution is 2.38. The van der Waals surface area contributed by atoms with Gasteiger partial charge >= 0.3 is 11.9 Å². The molecule has 444 valence electrons. The van der Waals surface area contributed by atoms with Crippen LogP contribution in [0.2, 0.25) is 0 Å². The predicted molar refractivity (Wildman–Crippen MR) is 332 cm³/mol. The molecule has 0 aliphatic heterocycles. The molecule has 0 aromatic rings. The summed E-state index contributed by atoms with van der Waals surface area (Å²) in [5.41, 5.74) is 0. The van der Waals surface area contributed by atoms with Crippen molar-refractivity contribution in [3.8, 4) is 0 Å². The van der Waals surface area contributed by atoms with E-state index in [-0.39, 0.29) is 26.1 Å². The minimum Gasteiger partial charge on any atom is -0.756 e. The van der Waals surface area contributed by atoms with Gasteiger partial charge in [-0.1, -0.05) is 244 Å². The highest BCUT2D eigenvalue weighted by atomic mass is 31.2. The van der Waals surface area contributed by atoms with Crippen molar-refractivity contribution in [2.24, 2.45) is 0 Å². The van der Waals surface area contributed by atoms with Crippen molar-refractivity contribution < 1.29 is 42.1 Å². The van der Waals surface area contributed by atoms with E-state index in [0.29, 0.717) is 23.9 Å². The summed E-state index contributed by atoms with van der Waals surface area (Å²) in [6, 6.07) is 0. The molecule has 2 atom stereocenters. The van der Waals surface area contributed by atoms with Crippen molar-refractivity contribution in [1.29, 1.82) is 0 Å². The van der Waals surface area contributed by atoms with Gasteiger partial charge < -0.3 is 27.9 Å². The van der Waals surface area contributed by atoms with E-state index in [1.54, 1.807) is 0 Å². The molecule has 0 aromatic carbocycles. The Hall–Kier alpha value is -3.85. The van der Waals surface area contributed by atoms with Crippen LogP contribution in [0.3, 0.4) is 0 Å². The lowest BCUT2D eigenvalue weighted by atomic mass is 10.0. The van der Waals surface area contributed by atoms with Gasteiger partial charge in [-0.25, -0.2) is 0 Å². The van der Waals surface area contributed by atoms with Gasteiger partial charge in [-0.2, -0.15) is 0 Å². The molecule has 78 heavy (non-hydrogen) atoms. The first-order chi connectivity index (χ1) is 38.0. The molecule has 0 saturated heterocycles. The van der Waals surface area contributed by atoms with E-state index < -0.39 is 32.5 Å². The first-order valence-corrected chi connectivity index (χ1v) is 32.4. The molecule has 0 fully saturated rings. The number of carbonyl (C=O) groups is 2. The second kappa shape index (κ2) is 57.8. The first kappa shape index (κ1) is 74.2. The average molecular weight is 1100 g/mol. The van der Waals surface area contributed by atoms with E-state index in [2.05, 4.69) is 148 Å². The standard InChI is InChI=1S/C68H114NO8P/c1-6-8-10-12-14-16-18-20-22-24-26-28-29-30-31-32-33-34-35-36-37-38-39-41-43-45-47-49-51-53-55-57-59-61-68(71)77-66(65-76-78(72,73)75-63-62-69(3,4)5)64-74-67(70)60-58-56-54-52-50-48-46-44-42-40-27-25-23-21-19-17-15-13-11-9-7-2/h8-11,14-17,20-23,26-28,30-31,33-34,36-37,40,66H,6-7,12-13,18-19,24-25,29,32,35,38-39,41-65H2,1-5H3/b10-8-,11-9-,16-14-,17-15-,22-20-,23-21-,28-26-,31-30-,34-33-,37-36-,40-27-. The van der Waals surface area contributed by atoms with Gasteiger partial charge in [-0.3, -0.25) is 14.2 Å². The van der Waals surface area contributed by atoms with Crippen LogP contribution in [0, 0.1) is 0 Å². The smallest absolute Gasteiger partial charge is 0.306 e. The Morgan fingerprint density at radius 3 is 1.03 bits per heavy atom. The van der Waals surface area contributed by atoms with Crippen LogP contribution >= 0.6 is 7.82 Å². The van der Waals surface area contributed by atoms with Gasteiger partial charge in [0.2, 0.25) is 0 Å². The molecular weight excluding hydrogens is 990 g/mol. The summed E-state index contributed by atoms with van der Waals surface area (Å²) in [6.07, 6.45) is 83.5. The third-order valence-electron chi connectivity index (χ3n) is 12.7. The SMILES string of the molecule is CC/C=C\C/C=C\C/C=C\C/C=C\C/C=C\C/C=C\C/C=C\CCCCCCCCCCCCCC(=O)OC(COC(=O)CCCCCCCCCC/C=C\C/C=C\C/C=C\C/C=C\CC)COP(=O)([O-])OCC[N+](C)(C)C. The molecule has 10 heteroatoms. The number of quaternary nitrogens is 1. The molecule has 0 spiro atoms. The van der Waals surface area contributed by atoms with Gasteiger partial charge in [0.25, 0.3) is 7.82 Å². The number of rotatable bonds is 55. The van der Waals surface area contributed by atoms with Crippen LogP contribution in [0.15, 0.2) is 134 Å². The fourth-order valence-electron chi connectivity index (χ4n) is 7.98. The highest BCUT2D eigenvalue weighted by molar-refractivity contribution is 7.45. The van der Waals surface area contributed by atoms with Gasteiger partial charge in [-0.15, -0.1) is 0 Å². The monoisotopic (exact) mass is 1100 g/mol. The van der Waals surface area contributed by atoms with Gasteiger partial charge in [0.1, 0.15) is 19.8 Å². The van der Waals surface area contributed by atoms with Crippen molar-refractivity contribution in [2.75, 3.05) is 47.5 Å². The second-order valence-corrected chi connectivity index (χ2v) is 22.7. The molecule has 0 heterocycles. The molecule has 0 bridgehead atoms. The predicted octanol–water partition coefficient (Wildman–Crippen LogP) is 19.1. The van der Waals surface area contributed by atoms with Crippen LogP contribution in [0.1, 0.15) is 232 Å². The number of hydrogen-bond acceptors (Lipinski definition) is 8. The van der Waals surface area contributed by atoms with Crippen molar-refractivity contribution in [2.45, 2.75) is 238 Å². The number of hydrogen-bond donors (Lipinski definition) is 0. The Balaban J connectivity index is 4.16. The Bertz CT molecular complexity index is 1780. The van der Waals surface area contributed by atoms with Crippen molar-refractivity contribution in [3.63, 3.8) is 0 Å². The van der Waals surface area contributed by atoms with Crippen molar-refractivity contribution in [3.05, 3.63) is 134 Å². The van der Waals surface area contributed by atoms with Crippen LogP contribution in [-0.4, -0.2) is 70.0 Å². The Labute approximate surface area is 479 Å². The lowest BCUT2D eigenvalue weighted by Gasteiger charge is -2.28. The Kier molecular flexibility index (Phi) is 55.0. The lowest BCUT2D eigenvalue weighted by Crippen LogP contribution is -2.37. The normalized spacial score (nSPS) is 14.2. The minimum absolute atomic E-state index is 0.0395. The summed E-state index contributed by atoms with van der Waals surface area (Å²) < 4.78 is 34.2. The molecule has 2 unspecified atom stereocenters. The Morgan fingerprint density at radius 2 is 0.692 bits per heavy atom. The summed E-state index contributed by atoms with van der Waals surface area (Å²) >= 11 is 0. The number of carbonyl (C=O) groups excluding carboxylic acids is 2. The Morgan fingerprint density at radius 1 is 0.397 bits per heavy atom. The summed E-state index contributed by atoms with van der Waals surface area (Å²) in [5.74, 6) is -0.852. The molecule has 0 saturated carbocycles. The van der Waals surface area contributed by atoms with E-state index in [9.17, 15) is 19.0 Å². The molecule has 0 N–H and O–H groups in total. The maximum atomic E-state index is 12.8. The molecule has 0 amide bonds. The number of phosphoric acid groups is 1. The molecule has 0 rings (SSSR count). The summed E-state index contributed by atoms with van der Waals surface area (Å²) in [5, 5.41) is 0. The van der Waals surface area contributed by atoms with Crippen LogP contribution in [0.25, 0.3) is 0 Å². The van der Waals surface area contributed by atoms with Gasteiger partial charge in [0.05, 0.1) is 27.7 Å². The zero-order valence-electron chi connectivity index (χ0n) is 50.3. The largest absolute Gasteiger partial charge is 0.756 e. The molecule has 0 aliphatic carbocycles. The minimum atomic E-state index is -4.65. The number of unbranched alkanes of at least 4 members (excludes halogenated alkanes) is 19. The van der Waals surface area contributed by atoms with Gasteiger partial charge in [0, 0.05) is 12.8 Å². The van der Waals surface area contributed by atoms with Crippen LogP contribution in [0.4, 0.5) is 0 Å². The topological polar surface area (TPSA) is 111 Å². The first-order valence-electron chi connectivity index (χ1n) is 30.9. The number of esters is 2.